The molecule has 0 spiro atoms. The fourth-order valence-corrected chi connectivity index (χ4v) is 5.39. The zero-order valence-electron chi connectivity index (χ0n) is 19.9. The molecule has 0 radical (unpaired) electrons. The van der Waals surface area contributed by atoms with Crippen LogP contribution in [0.5, 0.6) is 5.75 Å². The standard InChI is InChI=1S/C28H34N2O4/c1-32-26-10-6-5-9-25(26)30-15-13-29(14-16-30)17-18-33-22-11-12-23-27(19-22)34-20-24(28(23)31)21-7-3-2-4-8-21/h2-10,20,22-23,27H,11-19H2,1H3. The van der Waals surface area contributed by atoms with Gasteiger partial charge < -0.3 is 19.1 Å². The van der Waals surface area contributed by atoms with E-state index < -0.39 is 0 Å². The van der Waals surface area contributed by atoms with Crippen molar-refractivity contribution in [3.63, 3.8) is 0 Å². The molecule has 2 aliphatic heterocycles. The molecule has 1 saturated heterocycles. The van der Waals surface area contributed by atoms with Crippen LogP contribution in [0.4, 0.5) is 5.69 Å². The number of allylic oxidation sites excluding steroid dienone is 1. The zero-order chi connectivity index (χ0) is 23.3. The third-order valence-electron chi connectivity index (χ3n) is 7.35. The van der Waals surface area contributed by atoms with Gasteiger partial charge in [-0.05, 0) is 30.5 Å². The highest BCUT2D eigenvalue weighted by Crippen LogP contribution is 2.37. The van der Waals surface area contributed by atoms with Crippen LogP contribution in [-0.4, -0.2) is 69.3 Å². The summed E-state index contributed by atoms with van der Waals surface area (Å²) in [4.78, 5) is 17.9. The minimum absolute atomic E-state index is 0.0527. The number of nitrogens with zero attached hydrogens (tertiary/aromatic N) is 2. The number of benzene rings is 2. The second-order valence-corrected chi connectivity index (χ2v) is 9.35. The maximum Gasteiger partial charge on any atom is 0.173 e. The highest BCUT2D eigenvalue weighted by molar-refractivity contribution is 6.22. The summed E-state index contributed by atoms with van der Waals surface area (Å²) < 4.78 is 17.8. The number of rotatable bonds is 7. The fourth-order valence-electron chi connectivity index (χ4n) is 5.39. The molecular weight excluding hydrogens is 428 g/mol. The number of methoxy groups -OCH3 is 1. The van der Waals surface area contributed by atoms with Gasteiger partial charge in [0.15, 0.2) is 5.78 Å². The second kappa shape index (κ2) is 10.6. The molecule has 2 aromatic carbocycles. The van der Waals surface area contributed by atoms with Gasteiger partial charge in [0.2, 0.25) is 0 Å². The smallest absolute Gasteiger partial charge is 0.173 e. The van der Waals surface area contributed by atoms with Crippen molar-refractivity contribution in [1.82, 2.24) is 4.90 Å². The van der Waals surface area contributed by atoms with Gasteiger partial charge in [-0.1, -0.05) is 42.5 Å². The van der Waals surface area contributed by atoms with Crippen LogP contribution in [0.25, 0.3) is 5.57 Å². The van der Waals surface area contributed by atoms with Gasteiger partial charge in [0.1, 0.15) is 11.9 Å². The second-order valence-electron chi connectivity index (χ2n) is 9.35. The van der Waals surface area contributed by atoms with Gasteiger partial charge in [-0.3, -0.25) is 9.69 Å². The lowest BCUT2D eigenvalue weighted by atomic mass is 9.78. The van der Waals surface area contributed by atoms with Gasteiger partial charge in [0, 0.05) is 39.1 Å². The van der Waals surface area contributed by atoms with E-state index in [1.165, 1.54) is 5.69 Å². The summed E-state index contributed by atoms with van der Waals surface area (Å²) in [5.74, 6) is 1.10. The van der Waals surface area contributed by atoms with Crippen LogP contribution < -0.4 is 9.64 Å². The zero-order valence-corrected chi connectivity index (χ0v) is 19.9. The van der Waals surface area contributed by atoms with E-state index in [1.807, 2.05) is 42.5 Å². The van der Waals surface area contributed by atoms with Gasteiger partial charge in [-0.2, -0.15) is 0 Å². The number of fused-ring (bicyclic) bond motifs is 1. The number of hydrogen-bond donors (Lipinski definition) is 0. The molecule has 2 fully saturated rings. The largest absolute Gasteiger partial charge is 0.496 e. The summed E-state index contributed by atoms with van der Waals surface area (Å²) in [6, 6.07) is 18.0. The Morgan fingerprint density at radius 3 is 2.53 bits per heavy atom. The van der Waals surface area contributed by atoms with E-state index in [2.05, 4.69) is 21.9 Å². The minimum atomic E-state index is -0.0666. The Hall–Kier alpha value is -2.83. The first-order valence-electron chi connectivity index (χ1n) is 12.4. The Kier molecular flexibility index (Phi) is 7.16. The molecule has 3 unspecified atom stereocenters. The Morgan fingerprint density at radius 1 is 0.971 bits per heavy atom. The fraction of sp³-hybridized carbons (Fsp3) is 0.464. The molecule has 2 heterocycles. The molecule has 0 amide bonds. The molecular formula is C28H34N2O4. The van der Waals surface area contributed by atoms with Crippen LogP contribution in [0, 0.1) is 5.92 Å². The Labute approximate surface area is 202 Å². The van der Waals surface area contributed by atoms with E-state index in [0.717, 1.165) is 69.9 Å². The van der Waals surface area contributed by atoms with Gasteiger partial charge >= 0.3 is 0 Å². The normalized spacial score (nSPS) is 25.3. The molecule has 3 atom stereocenters. The third-order valence-corrected chi connectivity index (χ3v) is 7.35. The lowest BCUT2D eigenvalue weighted by Crippen LogP contribution is -2.48. The van der Waals surface area contributed by atoms with Crippen molar-refractivity contribution >= 4 is 17.0 Å². The third kappa shape index (κ3) is 4.98. The maximum atomic E-state index is 13.0. The lowest BCUT2D eigenvalue weighted by molar-refractivity contribution is -0.128. The number of ether oxygens (including phenoxy) is 3. The number of para-hydroxylation sites is 2. The summed E-state index contributed by atoms with van der Waals surface area (Å²) in [5, 5.41) is 0. The summed E-state index contributed by atoms with van der Waals surface area (Å²) in [6.07, 6.45) is 4.30. The number of carbonyl (C=O) groups excluding carboxylic acids is 1. The van der Waals surface area contributed by atoms with Crippen molar-refractivity contribution in [1.29, 1.82) is 0 Å². The monoisotopic (exact) mass is 462 g/mol. The molecule has 6 heteroatoms. The SMILES string of the molecule is COc1ccccc1N1CCN(CCOC2CCC3C(=O)C(c4ccccc4)=COC3C2)CC1. The van der Waals surface area contributed by atoms with Gasteiger partial charge in [0.25, 0.3) is 0 Å². The molecule has 180 valence electrons. The molecule has 34 heavy (non-hydrogen) atoms. The van der Waals surface area contributed by atoms with Crippen LogP contribution in [-0.2, 0) is 14.3 Å². The molecule has 3 aliphatic rings. The van der Waals surface area contributed by atoms with E-state index in [9.17, 15) is 4.79 Å². The summed E-state index contributed by atoms with van der Waals surface area (Å²) >= 11 is 0. The number of carbonyl (C=O) groups is 1. The highest BCUT2D eigenvalue weighted by Gasteiger charge is 2.40. The summed E-state index contributed by atoms with van der Waals surface area (Å²) in [5.41, 5.74) is 2.81. The minimum Gasteiger partial charge on any atom is -0.496 e. The number of ketones is 1. The quantitative estimate of drug-likeness (QED) is 0.620. The van der Waals surface area contributed by atoms with Crippen molar-refractivity contribution in [2.45, 2.75) is 31.5 Å². The van der Waals surface area contributed by atoms with Crippen molar-refractivity contribution < 1.29 is 19.0 Å². The Bertz CT molecular complexity index is 1000. The number of anilines is 1. The first-order chi connectivity index (χ1) is 16.7. The first-order valence-corrected chi connectivity index (χ1v) is 12.4. The van der Waals surface area contributed by atoms with E-state index in [1.54, 1.807) is 13.4 Å². The van der Waals surface area contributed by atoms with Crippen LogP contribution in [0.2, 0.25) is 0 Å². The van der Waals surface area contributed by atoms with Crippen LogP contribution in [0.3, 0.4) is 0 Å². The Balaban J connectivity index is 1.06. The predicted molar refractivity (Wildman–Crippen MR) is 133 cm³/mol. The lowest BCUT2D eigenvalue weighted by Gasteiger charge is -2.38. The average Bonchev–Trinajstić information content (AvgIpc) is 2.90. The van der Waals surface area contributed by atoms with Gasteiger partial charge in [0.05, 0.1) is 43.3 Å². The highest BCUT2D eigenvalue weighted by atomic mass is 16.5. The average molecular weight is 463 g/mol. The Morgan fingerprint density at radius 2 is 1.74 bits per heavy atom. The predicted octanol–water partition coefficient (Wildman–Crippen LogP) is 4.01. The molecule has 0 aromatic heterocycles. The maximum absolute atomic E-state index is 13.0. The van der Waals surface area contributed by atoms with E-state index in [-0.39, 0.29) is 23.9 Å². The molecule has 6 nitrogen and oxygen atoms in total. The molecule has 2 aromatic rings. The van der Waals surface area contributed by atoms with Gasteiger partial charge in [-0.25, -0.2) is 0 Å². The van der Waals surface area contributed by atoms with Crippen molar-refractivity contribution in [2.24, 2.45) is 5.92 Å². The van der Waals surface area contributed by atoms with Crippen LogP contribution in [0.15, 0.2) is 60.9 Å². The molecule has 0 bridgehead atoms. The number of piperazine rings is 1. The number of hydrogen-bond acceptors (Lipinski definition) is 6. The van der Waals surface area contributed by atoms with Crippen molar-refractivity contribution in [3.05, 3.63) is 66.4 Å². The van der Waals surface area contributed by atoms with Gasteiger partial charge in [-0.15, -0.1) is 0 Å². The van der Waals surface area contributed by atoms with Crippen LogP contribution >= 0.6 is 0 Å². The molecule has 1 saturated carbocycles. The summed E-state index contributed by atoms with van der Waals surface area (Å²) in [6.45, 7) is 5.65. The summed E-state index contributed by atoms with van der Waals surface area (Å²) in [7, 11) is 1.73. The van der Waals surface area contributed by atoms with E-state index in [4.69, 9.17) is 14.2 Å². The van der Waals surface area contributed by atoms with E-state index in [0.29, 0.717) is 5.57 Å². The first kappa shape index (κ1) is 22.9. The van der Waals surface area contributed by atoms with E-state index >= 15 is 0 Å². The van der Waals surface area contributed by atoms with Crippen molar-refractivity contribution in [2.75, 3.05) is 51.3 Å². The number of Topliss-reactive ketones (excluding diaryl/α,β-unsaturated/α-hetero) is 1. The molecule has 5 rings (SSSR count). The van der Waals surface area contributed by atoms with Crippen LogP contribution in [0.1, 0.15) is 24.8 Å². The topological polar surface area (TPSA) is 51.2 Å². The molecule has 1 aliphatic carbocycles. The molecule has 0 N–H and O–H groups in total. The van der Waals surface area contributed by atoms with Crippen molar-refractivity contribution in [3.8, 4) is 5.75 Å².